The van der Waals surface area contributed by atoms with Crippen LogP contribution in [-0.4, -0.2) is 27.8 Å². The molecule has 0 fully saturated rings. The number of nitrogens with zero attached hydrogens (tertiary/aromatic N) is 2. The third-order valence-corrected chi connectivity index (χ3v) is 2.89. The van der Waals surface area contributed by atoms with Crippen molar-refractivity contribution in [2.45, 2.75) is 20.8 Å². The van der Waals surface area contributed by atoms with E-state index in [1.54, 1.807) is 12.1 Å². The second-order valence-electron chi connectivity index (χ2n) is 4.52. The van der Waals surface area contributed by atoms with Crippen LogP contribution in [0.2, 0.25) is 0 Å². The predicted molar refractivity (Wildman–Crippen MR) is 94.3 cm³/mol. The Kier molecular flexibility index (Phi) is 7.33. The first-order valence-electron chi connectivity index (χ1n) is 7.49. The smallest absolute Gasteiger partial charge is 0.150 e. The molecular formula is C18H23N3O2. The zero-order valence-electron chi connectivity index (χ0n) is 13.9. The molecule has 0 atom stereocenters. The molecule has 0 unspecified atom stereocenters. The van der Waals surface area contributed by atoms with Crippen LogP contribution >= 0.6 is 0 Å². The lowest BCUT2D eigenvalue weighted by atomic mass is 10.2. The Morgan fingerprint density at radius 3 is 2.30 bits per heavy atom. The minimum Gasteiger partial charge on any atom is -0.508 e. The van der Waals surface area contributed by atoms with E-state index in [4.69, 9.17) is 5.11 Å². The van der Waals surface area contributed by atoms with E-state index in [9.17, 15) is 4.79 Å². The van der Waals surface area contributed by atoms with Crippen molar-refractivity contribution in [1.29, 1.82) is 0 Å². The van der Waals surface area contributed by atoms with Gasteiger partial charge in [0.05, 0.1) is 11.4 Å². The second-order valence-corrected chi connectivity index (χ2v) is 4.52. The molecule has 122 valence electrons. The SMILES string of the molecule is CC.CNc1ccc2nc(C)cn2c1.O=Cc1ccc(O)cc1. The Morgan fingerprint density at radius 2 is 1.74 bits per heavy atom. The maximum atomic E-state index is 10.0. The minimum atomic E-state index is 0.181. The highest BCUT2D eigenvalue weighted by Gasteiger charge is 1.96. The van der Waals surface area contributed by atoms with E-state index >= 15 is 0 Å². The van der Waals surface area contributed by atoms with Crippen molar-refractivity contribution in [3.8, 4) is 5.75 Å². The topological polar surface area (TPSA) is 66.6 Å². The summed E-state index contributed by atoms with van der Waals surface area (Å²) in [6, 6.07) is 10.1. The summed E-state index contributed by atoms with van der Waals surface area (Å²) in [6.45, 7) is 5.99. The standard InChI is InChI=1S/C9H11N3.C7H6O2.C2H6/c1-7-5-12-6-8(10-2)3-4-9(12)11-7;8-5-6-1-3-7(9)4-2-6;1-2/h3-6,10H,1-2H3;1-5,9H;1-2H3. The molecule has 0 aliphatic rings. The van der Waals surface area contributed by atoms with Gasteiger partial charge in [0.2, 0.25) is 0 Å². The zero-order valence-corrected chi connectivity index (χ0v) is 13.9. The van der Waals surface area contributed by atoms with Gasteiger partial charge in [0.25, 0.3) is 0 Å². The molecule has 0 aliphatic heterocycles. The van der Waals surface area contributed by atoms with Gasteiger partial charge in [-0.25, -0.2) is 4.98 Å². The average Bonchev–Trinajstić information content (AvgIpc) is 2.97. The second kappa shape index (κ2) is 9.25. The minimum absolute atomic E-state index is 0.181. The number of phenolic OH excluding ortho intramolecular Hbond substituents is 1. The van der Waals surface area contributed by atoms with E-state index in [1.807, 2.05) is 56.7 Å². The lowest BCUT2D eigenvalue weighted by molar-refractivity contribution is 0.112. The van der Waals surface area contributed by atoms with Crippen molar-refractivity contribution in [1.82, 2.24) is 9.38 Å². The molecule has 3 rings (SSSR count). The van der Waals surface area contributed by atoms with Gasteiger partial charge in [-0.3, -0.25) is 4.79 Å². The lowest BCUT2D eigenvalue weighted by Crippen LogP contribution is -1.90. The molecule has 23 heavy (non-hydrogen) atoms. The molecule has 5 nitrogen and oxygen atoms in total. The monoisotopic (exact) mass is 313 g/mol. The van der Waals surface area contributed by atoms with Crippen LogP contribution in [0.15, 0.2) is 48.8 Å². The molecule has 1 aromatic carbocycles. The summed E-state index contributed by atoms with van der Waals surface area (Å²) in [6.07, 6.45) is 4.77. The molecule has 5 heteroatoms. The van der Waals surface area contributed by atoms with E-state index in [-0.39, 0.29) is 5.75 Å². The van der Waals surface area contributed by atoms with Gasteiger partial charge in [-0.1, -0.05) is 13.8 Å². The molecule has 3 aromatic rings. The van der Waals surface area contributed by atoms with Gasteiger partial charge in [-0.05, 0) is 43.3 Å². The number of nitrogens with one attached hydrogen (secondary N) is 1. The molecule has 0 spiro atoms. The highest BCUT2D eigenvalue weighted by atomic mass is 16.3. The number of anilines is 1. The highest BCUT2D eigenvalue weighted by Crippen LogP contribution is 2.10. The Hall–Kier alpha value is -2.82. The van der Waals surface area contributed by atoms with Crippen LogP contribution in [0.25, 0.3) is 5.65 Å². The predicted octanol–water partition coefficient (Wildman–Crippen LogP) is 3.92. The largest absolute Gasteiger partial charge is 0.508 e. The highest BCUT2D eigenvalue weighted by molar-refractivity contribution is 5.74. The summed E-state index contributed by atoms with van der Waals surface area (Å²) >= 11 is 0. The van der Waals surface area contributed by atoms with Crippen molar-refractivity contribution in [2.75, 3.05) is 12.4 Å². The maximum Gasteiger partial charge on any atom is 0.150 e. The number of carbonyl (C=O) groups is 1. The molecule has 0 saturated carbocycles. The molecular weight excluding hydrogens is 290 g/mol. The number of aryl methyl sites for hydroxylation is 1. The fourth-order valence-corrected chi connectivity index (χ4v) is 1.82. The van der Waals surface area contributed by atoms with Crippen molar-refractivity contribution in [3.63, 3.8) is 0 Å². The molecule has 0 saturated heterocycles. The number of hydrogen-bond acceptors (Lipinski definition) is 4. The molecule has 0 bridgehead atoms. The van der Waals surface area contributed by atoms with Gasteiger partial charge >= 0.3 is 0 Å². The quantitative estimate of drug-likeness (QED) is 0.704. The van der Waals surface area contributed by atoms with Crippen LogP contribution in [0.4, 0.5) is 5.69 Å². The number of fused-ring (bicyclic) bond motifs is 1. The number of aromatic nitrogens is 2. The van der Waals surface area contributed by atoms with Crippen LogP contribution in [-0.2, 0) is 0 Å². The number of carbonyl (C=O) groups excluding carboxylic acids is 1. The van der Waals surface area contributed by atoms with Gasteiger partial charge in [-0.15, -0.1) is 0 Å². The summed E-state index contributed by atoms with van der Waals surface area (Å²) in [4.78, 5) is 14.4. The van der Waals surface area contributed by atoms with Gasteiger partial charge in [0, 0.05) is 25.0 Å². The summed E-state index contributed by atoms with van der Waals surface area (Å²) in [5, 5.41) is 11.8. The van der Waals surface area contributed by atoms with Crippen LogP contribution in [0.5, 0.6) is 5.75 Å². The Bertz CT molecular complexity index is 734. The third kappa shape index (κ3) is 5.47. The number of phenols is 1. The van der Waals surface area contributed by atoms with Gasteiger partial charge in [-0.2, -0.15) is 0 Å². The number of pyridine rings is 1. The summed E-state index contributed by atoms with van der Waals surface area (Å²) < 4.78 is 2.02. The molecule has 2 heterocycles. The summed E-state index contributed by atoms with van der Waals surface area (Å²) in [5.41, 5.74) is 3.71. The fraction of sp³-hybridized carbons (Fsp3) is 0.222. The number of benzene rings is 1. The normalized spacial score (nSPS) is 9.22. The maximum absolute atomic E-state index is 10.0. The first kappa shape index (κ1) is 18.2. The van der Waals surface area contributed by atoms with Crippen molar-refractivity contribution in [3.05, 3.63) is 60.0 Å². The average molecular weight is 313 g/mol. The van der Waals surface area contributed by atoms with E-state index in [2.05, 4.69) is 10.3 Å². The Labute approximate surface area is 136 Å². The van der Waals surface area contributed by atoms with Crippen LogP contribution in [0.1, 0.15) is 29.9 Å². The van der Waals surface area contributed by atoms with Crippen LogP contribution in [0, 0.1) is 6.92 Å². The zero-order chi connectivity index (χ0) is 17.2. The molecule has 0 amide bonds. The fourth-order valence-electron chi connectivity index (χ4n) is 1.82. The first-order chi connectivity index (χ1) is 11.1. The lowest BCUT2D eigenvalue weighted by Gasteiger charge is -1.99. The van der Waals surface area contributed by atoms with Gasteiger partial charge in [0.15, 0.2) is 0 Å². The number of hydrogen-bond donors (Lipinski definition) is 2. The Morgan fingerprint density at radius 1 is 1.09 bits per heavy atom. The van der Waals surface area contributed by atoms with E-state index in [0.717, 1.165) is 23.3 Å². The number of imidazole rings is 1. The van der Waals surface area contributed by atoms with E-state index in [1.165, 1.54) is 12.1 Å². The first-order valence-corrected chi connectivity index (χ1v) is 7.49. The third-order valence-electron chi connectivity index (χ3n) is 2.89. The molecule has 0 radical (unpaired) electrons. The number of aromatic hydroxyl groups is 1. The van der Waals surface area contributed by atoms with Gasteiger partial charge in [0.1, 0.15) is 17.7 Å². The van der Waals surface area contributed by atoms with E-state index < -0.39 is 0 Å². The van der Waals surface area contributed by atoms with Crippen molar-refractivity contribution >= 4 is 17.6 Å². The number of aldehydes is 1. The molecule has 2 aromatic heterocycles. The van der Waals surface area contributed by atoms with Crippen molar-refractivity contribution < 1.29 is 9.90 Å². The summed E-state index contributed by atoms with van der Waals surface area (Å²) in [7, 11) is 1.91. The van der Waals surface area contributed by atoms with E-state index in [0.29, 0.717) is 5.56 Å². The Balaban J connectivity index is 0.000000215. The number of rotatable bonds is 2. The molecule has 2 N–H and O–H groups in total. The molecule has 0 aliphatic carbocycles. The van der Waals surface area contributed by atoms with Crippen LogP contribution < -0.4 is 5.32 Å². The van der Waals surface area contributed by atoms with Crippen molar-refractivity contribution in [2.24, 2.45) is 0 Å². The van der Waals surface area contributed by atoms with Crippen LogP contribution in [0.3, 0.4) is 0 Å². The van der Waals surface area contributed by atoms with Gasteiger partial charge < -0.3 is 14.8 Å². The summed E-state index contributed by atoms with van der Waals surface area (Å²) in [5.74, 6) is 0.181.